The summed E-state index contributed by atoms with van der Waals surface area (Å²) in [7, 11) is 0. The second kappa shape index (κ2) is 8.05. The van der Waals surface area contributed by atoms with Crippen molar-refractivity contribution in [2.24, 2.45) is 0 Å². The first-order chi connectivity index (χ1) is 11.8. The Kier molecular flexibility index (Phi) is 6.07. The molecule has 0 saturated carbocycles. The smallest absolute Gasteiger partial charge is 0.412 e. The first-order valence-corrected chi connectivity index (χ1v) is 7.88. The molecule has 25 heavy (non-hydrogen) atoms. The lowest BCUT2D eigenvalue weighted by Gasteiger charge is -2.22. The third kappa shape index (κ3) is 5.52. The van der Waals surface area contributed by atoms with Gasteiger partial charge in [0, 0.05) is 0 Å². The Bertz CT molecular complexity index is 714. The summed E-state index contributed by atoms with van der Waals surface area (Å²) in [5.41, 5.74) is 2.00. The highest BCUT2D eigenvalue weighted by Crippen LogP contribution is 2.32. The summed E-state index contributed by atoms with van der Waals surface area (Å²) in [4.78, 5) is 11.9. The predicted molar refractivity (Wildman–Crippen MR) is 89.4 cm³/mol. The van der Waals surface area contributed by atoms with Crippen LogP contribution >= 0.6 is 0 Å². The van der Waals surface area contributed by atoms with E-state index in [-0.39, 0.29) is 18.6 Å². The fraction of sp³-hybridized carbons (Fsp3) is 0.316. The van der Waals surface area contributed by atoms with Crippen molar-refractivity contribution in [1.82, 2.24) is 5.32 Å². The summed E-state index contributed by atoms with van der Waals surface area (Å²) in [6, 6.07) is 10.9. The average Bonchev–Trinajstić information content (AvgIpc) is 2.54. The monoisotopic (exact) mass is 351 g/mol. The van der Waals surface area contributed by atoms with Crippen LogP contribution in [0.3, 0.4) is 0 Å². The van der Waals surface area contributed by atoms with Crippen LogP contribution in [0.5, 0.6) is 5.75 Å². The second-order valence-corrected chi connectivity index (χ2v) is 5.82. The third-order valence-electron chi connectivity index (χ3n) is 3.68. The average molecular weight is 351 g/mol. The summed E-state index contributed by atoms with van der Waals surface area (Å²) in [6.45, 7) is 3.83. The number of ether oxygens (including phenoxy) is 1. The number of amides is 1. The Hall–Kier alpha value is -2.50. The molecule has 0 aromatic heterocycles. The van der Waals surface area contributed by atoms with Crippen LogP contribution in [0.4, 0.5) is 13.2 Å². The van der Waals surface area contributed by atoms with Gasteiger partial charge in [-0.3, -0.25) is 4.79 Å². The molecule has 0 spiro atoms. The first-order valence-electron chi connectivity index (χ1n) is 7.88. The van der Waals surface area contributed by atoms with Gasteiger partial charge in [0.15, 0.2) is 6.04 Å². The molecule has 1 amide bonds. The number of rotatable bonds is 6. The molecule has 1 atom stereocenters. The van der Waals surface area contributed by atoms with Gasteiger partial charge in [-0.05, 0) is 31.0 Å². The van der Waals surface area contributed by atoms with Gasteiger partial charge in [-0.1, -0.05) is 48.0 Å². The molecule has 1 N–H and O–H groups in total. The summed E-state index contributed by atoms with van der Waals surface area (Å²) in [5.74, 6) is -0.0928. The van der Waals surface area contributed by atoms with Gasteiger partial charge in [-0.15, -0.1) is 0 Å². The minimum atomic E-state index is -4.56. The molecule has 2 rings (SSSR count). The van der Waals surface area contributed by atoms with Crippen LogP contribution in [0.2, 0.25) is 0 Å². The molecule has 1 unspecified atom stereocenters. The number of hydrogen-bond acceptors (Lipinski definition) is 2. The molecule has 6 heteroatoms. The third-order valence-corrected chi connectivity index (χ3v) is 3.68. The van der Waals surface area contributed by atoms with Gasteiger partial charge in [0.2, 0.25) is 5.91 Å². The zero-order chi connectivity index (χ0) is 18.4. The number of aryl methyl sites for hydroxylation is 2. The lowest BCUT2D eigenvalue weighted by molar-refractivity contribution is -0.163. The number of carbonyl (C=O) groups is 1. The molecule has 2 aromatic carbocycles. The van der Waals surface area contributed by atoms with Crippen molar-refractivity contribution in [3.05, 3.63) is 65.2 Å². The van der Waals surface area contributed by atoms with Gasteiger partial charge in [0.05, 0.1) is 13.0 Å². The molecule has 0 heterocycles. The lowest BCUT2D eigenvalue weighted by atomic mass is 10.1. The summed E-state index contributed by atoms with van der Waals surface area (Å²) < 4.78 is 45.1. The van der Waals surface area contributed by atoms with E-state index < -0.39 is 18.1 Å². The van der Waals surface area contributed by atoms with Crippen LogP contribution in [-0.2, 0) is 4.79 Å². The van der Waals surface area contributed by atoms with Crippen LogP contribution in [0, 0.1) is 13.8 Å². The Balaban J connectivity index is 1.93. The second-order valence-electron chi connectivity index (χ2n) is 5.82. The highest BCUT2D eigenvalue weighted by atomic mass is 19.4. The largest absolute Gasteiger partial charge is 0.493 e. The van der Waals surface area contributed by atoms with Gasteiger partial charge in [-0.2, -0.15) is 13.2 Å². The van der Waals surface area contributed by atoms with Gasteiger partial charge >= 0.3 is 6.18 Å². The molecule has 0 aliphatic heterocycles. The predicted octanol–water partition coefficient (Wildman–Crippen LogP) is 4.49. The minimum Gasteiger partial charge on any atom is -0.493 e. The Labute approximate surface area is 144 Å². The van der Waals surface area contributed by atoms with E-state index in [0.29, 0.717) is 5.75 Å². The van der Waals surface area contributed by atoms with Crippen molar-refractivity contribution < 1.29 is 22.7 Å². The maximum atomic E-state index is 13.2. The van der Waals surface area contributed by atoms with Crippen LogP contribution in [0.1, 0.15) is 29.2 Å². The number of carbonyl (C=O) groups excluding carboxylic acids is 1. The van der Waals surface area contributed by atoms with Crippen molar-refractivity contribution in [3.8, 4) is 5.75 Å². The van der Waals surface area contributed by atoms with Gasteiger partial charge in [0.1, 0.15) is 5.75 Å². The molecule has 0 radical (unpaired) electrons. The molecule has 2 aromatic rings. The Morgan fingerprint density at radius 3 is 2.40 bits per heavy atom. The maximum absolute atomic E-state index is 13.2. The summed E-state index contributed by atoms with van der Waals surface area (Å²) in [5, 5.41) is 2.04. The molecule has 0 aliphatic rings. The summed E-state index contributed by atoms with van der Waals surface area (Å²) >= 11 is 0. The fourth-order valence-corrected chi connectivity index (χ4v) is 2.45. The topological polar surface area (TPSA) is 38.3 Å². The van der Waals surface area contributed by atoms with E-state index in [4.69, 9.17) is 4.74 Å². The lowest BCUT2D eigenvalue weighted by Crippen LogP contribution is -2.38. The summed E-state index contributed by atoms with van der Waals surface area (Å²) in [6.07, 6.45) is -4.72. The number of nitrogens with one attached hydrogen (secondary N) is 1. The first kappa shape index (κ1) is 18.8. The maximum Gasteiger partial charge on any atom is 0.412 e. The highest BCUT2D eigenvalue weighted by Gasteiger charge is 2.41. The number of halogens is 3. The van der Waals surface area contributed by atoms with Crippen LogP contribution in [-0.4, -0.2) is 18.7 Å². The van der Waals surface area contributed by atoms with Crippen molar-refractivity contribution in [2.45, 2.75) is 32.5 Å². The zero-order valence-electron chi connectivity index (χ0n) is 14.1. The molecule has 0 aliphatic carbocycles. The molecular weight excluding hydrogens is 331 g/mol. The van der Waals surface area contributed by atoms with Gasteiger partial charge in [0.25, 0.3) is 0 Å². The van der Waals surface area contributed by atoms with E-state index in [0.717, 1.165) is 11.1 Å². The SMILES string of the molecule is Cc1ccc(OCCC(=O)NC(c2ccccc2)C(F)(F)F)c(C)c1. The molecule has 0 fully saturated rings. The van der Waals surface area contributed by atoms with Gasteiger partial charge < -0.3 is 10.1 Å². The minimum absolute atomic E-state index is 0.00125. The molecule has 3 nitrogen and oxygen atoms in total. The normalized spacial score (nSPS) is 12.5. The van der Waals surface area contributed by atoms with E-state index in [2.05, 4.69) is 0 Å². The zero-order valence-corrected chi connectivity index (χ0v) is 14.1. The van der Waals surface area contributed by atoms with E-state index in [1.54, 1.807) is 12.1 Å². The fourth-order valence-electron chi connectivity index (χ4n) is 2.45. The van der Waals surface area contributed by atoms with Crippen molar-refractivity contribution >= 4 is 5.91 Å². The van der Waals surface area contributed by atoms with E-state index in [1.807, 2.05) is 31.3 Å². The van der Waals surface area contributed by atoms with Crippen molar-refractivity contribution in [3.63, 3.8) is 0 Å². The van der Waals surface area contributed by atoms with Crippen LogP contribution in [0.15, 0.2) is 48.5 Å². The molecule has 134 valence electrons. The van der Waals surface area contributed by atoms with E-state index in [1.165, 1.54) is 24.3 Å². The number of alkyl halides is 3. The van der Waals surface area contributed by atoms with Crippen LogP contribution < -0.4 is 10.1 Å². The number of benzene rings is 2. The van der Waals surface area contributed by atoms with E-state index >= 15 is 0 Å². The quantitative estimate of drug-likeness (QED) is 0.833. The van der Waals surface area contributed by atoms with Crippen LogP contribution in [0.25, 0.3) is 0 Å². The van der Waals surface area contributed by atoms with E-state index in [9.17, 15) is 18.0 Å². The highest BCUT2D eigenvalue weighted by molar-refractivity contribution is 5.76. The Morgan fingerprint density at radius 2 is 1.80 bits per heavy atom. The number of hydrogen-bond donors (Lipinski definition) is 1. The molecule has 0 bridgehead atoms. The Morgan fingerprint density at radius 1 is 1.12 bits per heavy atom. The van der Waals surface area contributed by atoms with Gasteiger partial charge in [-0.25, -0.2) is 0 Å². The van der Waals surface area contributed by atoms with Crippen molar-refractivity contribution in [2.75, 3.05) is 6.61 Å². The molecular formula is C19H20F3NO2. The molecule has 0 saturated heterocycles. The van der Waals surface area contributed by atoms with Crippen molar-refractivity contribution in [1.29, 1.82) is 0 Å². The standard InChI is InChI=1S/C19H20F3NO2/c1-13-8-9-16(14(2)12-13)25-11-10-17(24)23-18(19(20,21)22)15-6-4-3-5-7-15/h3-9,12,18H,10-11H2,1-2H3,(H,23,24).